The standard InChI is InChI=1S/C10H15BrN2O/c1-3-13(4-5-14)10-9(11)6-8(2)7-12-10/h6-7,14H,3-5H2,1-2H3. The molecule has 1 heterocycles. The van der Waals surface area contributed by atoms with Gasteiger partial charge in [-0.2, -0.15) is 0 Å². The summed E-state index contributed by atoms with van der Waals surface area (Å²) >= 11 is 3.47. The molecule has 0 unspecified atom stereocenters. The quantitative estimate of drug-likeness (QED) is 0.898. The zero-order chi connectivity index (χ0) is 10.6. The van der Waals surface area contributed by atoms with E-state index in [4.69, 9.17) is 5.11 Å². The smallest absolute Gasteiger partial charge is 0.142 e. The first-order valence-electron chi connectivity index (χ1n) is 4.67. The Morgan fingerprint density at radius 1 is 1.57 bits per heavy atom. The van der Waals surface area contributed by atoms with Crippen molar-refractivity contribution < 1.29 is 5.11 Å². The number of aliphatic hydroxyl groups excluding tert-OH is 1. The van der Waals surface area contributed by atoms with E-state index in [9.17, 15) is 0 Å². The molecule has 78 valence electrons. The van der Waals surface area contributed by atoms with Crippen molar-refractivity contribution in [2.75, 3.05) is 24.6 Å². The van der Waals surface area contributed by atoms with Crippen molar-refractivity contribution in [1.82, 2.24) is 4.98 Å². The first kappa shape index (κ1) is 11.5. The van der Waals surface area contributed by atoms with Gasteiger partial charge in [-0.05, 0) is 41.4 Å². The van der Waals surface area contributed by atoms with Crippen LogP contribution >= 0.6 is 15.9 Å². The maximum Gasteiger partial charge on any atom is 0.142 e. The predicted molar refractivity (Wildman–Crippen MR) is 61.6 cm³/mol. The molecule has 0 aromatic carbocycles. The summed E-state index contributed by atoms with van der Waals surface area (Å²) < 4.78 is 0.979. The molecule has 0 radical (unpaired) electrons. The highest BCUT2D eigenvalue weighted by molar-refractivity contribution is 9.10. The molecule has 1 N–H and O–H groups in total. The molecule has 0 aliphatic heterocycles. The van der Waals surface area contributed by atoms with Gasteiger partial charge in [0.25, 0.3) is 0 Å². The number of aromatic nitrogens is 1. The van der Waals surface area contributed by atoms with Crippen molar-refractivity contribution in [1.29, 1.82) is 0 Å². The van der Waals surface area contributed by atoms with Crippen LogP contribution in [-0.2, 0) is 0 Å². The summed E-state index contributed by atoms with van der Waals surface area (Å²) in [6.45, 7) is 5.66. The second-order valence-corrected chi connectivity index (χ2v) is 3.98. The summed E-state index contributed by atoms with van der Waals surface area (Å²) in [5.41, 5.74) is 1.13. The molecule has 14 heavy (non-hydrogen) atoms. The van der Waals surface area contributed by atoms with Crippen LogP contribution in [0, 0.1) is 6.92 Å². The number of halogens is 1. The minimum atomic E-state index is 0.149. The van der Waals surface area contributed by atoms with E-state index in [0.717, 1.165) is 22.4 Å². The van der Waals surface area contributed by atoms with E-state index >= 15 is 0 Å². The Bertz CT molecular complexity index is 304. The molecule has 3 nitrogen and oxygen atoms in total. The molecule has 0 atom stereocenters. The maximum absolute atomic E-state index is 8.89. The number of aryl methyl sites for hydroxylation is 1. The summed E-state index contributed by atoms with van der Waals surface area (Å²) in [4.78, 5) is 6.37. The topological polar surface area (TPSA) is 36.4 Å². The second-order valence-electron chi connectivity index (χ2n) is 3.12. The molecule has 4 heteroatoms. The number of anilines is 1. The average molecular weight is 259 g/mol. The molecule has 0 fully saturated rings. The van der Waals surface area contributed by atoms with Crippen LogP contribution in [0.4, 0.5) is 5.82 Å². The van der Waals surface area contributed by atoms with E-state index in [2.05, 4.69) is 20.9 Å². The minimum Gasteiger partial charge on any atom is -0.395 e. The van der Waals surface area contributed by atoms with Crippen molar-refractivity contribution in [3.05, 3.63) is 22.3 Å². The van der Waals surface area contributed by atoms with Gasteiger partial charge in [-0.3, -0.25) is 0 Å². The summed E-state index contributed by atoms with van der Waals surface area (Å²) in [7, 11) is 0. The van der Waals surface area contributed by atoms with Crippen molar-refractivity contribution in [2.24, 2.45) is 0 Å². The lowest BCUT2D eigenvalue weighted by molar-refractivity contribution is 0.302. The second kappa shape index (κ2) is 5.32. The van der Waals surface area contributed by atoms with Gasteiger partial charge in [-0.15, -0.1) is 0 Å². The fourth-order valence-corrected chi connectivity index (χ4v) is 2.01. The Hall–Kier alpha value is -0.610. The Morgan fingerprint density at radius 3 is 2.79 bits per heavy atom. The summed E-state index contributed by atoms with van der Waals surface area (Å²) in [5.74, 6) is 0.896. The zero-order valence-electron chi connectivity index (χ0n) is 8.50. The Labute approximate surface area is 92.9 Å². The lowest BCUT2D eigenvalue weighted by Gasteiger charge is -2.21. The summed E-state index contributed by atoms with van der Waals surface area (Å²) in [6, 6.07) is 2.03. The molecular formula is C10H15BrN2O. The normalized spacial score (nSPS) is 10.3. The van der Waals surface area contributed by atoms with Crippen LogP contribution < -0.4 is 4.90 Å². The van der Waals surface area contributed by atoms with Gasteiger partial charge in [-0.1, -0.05) is 0 Å². The fraction of sp³-hybridized carbons (Fsp3) is 0.500. The number of likely N-dealkylation sites (N-methyl/N-ethyl adjacent to an activating group) is 1. The highest BCUT2D eigenvalue weighted by Crippen LogP contribution is 2.23. The van der Waals surface area contributed by atoms with E-state index in [1.807, 2.05) is 31.0 Å². The zero-order valence-corrected chi connectivity index (χ0v) is 10.1. The SMILES string of the molecule is CCN(CCO)c1ncc(C)cc1Br. The van der Waals surface area contributed by atoms with E-state index in [0.29, 0.717) is 6.54 Å². The molecule has 0 saturated heterocycles. The molecule has 0 aliphatic carbocycles. The maximum atomic E-state index is 8.89. The number of hydrogen-bond donors (Lipinski definition) is 1. The van der Waals surface area contributed by atoms with E-state index in [1.165, 1.54) is 0 Å². The van der Waals surface area contributed by atoms with Crippen LogP contribution in [-0.4, -0.2) is 29.8 Å². The van der Waals surface area contributed by atoms with Gasteiger partial charge in [0.2, 0.25) is 0 Å². The van der Waals surface area contributed by atoms with Crippen molar-refractivity contribution in [2.45, 2.75) is 13.8 Å². The largest absolute Gasteiger partial charge is 0.395 e. The lowest BCUT2D eigenvalue weighted by atomic mass is 10.3. The molecular weight excluding hydrogens is 244 g/mol. The van der Waals surface area contributed by atoms with E-state index in [1.54, 1.807) is 0 Å². The fourth-order valence-electron chi connectivity index (χ4n) is 1.29. The van der Waals surface area contributed by atoms with Gasteiger partial charge < -0.3 is 10.0 Å². The van der Waals surface area contributed by atoms with Crippen LogP contribution in [0.15, 0.2) is 16.7 Å². The number of nitrogens with zero attached hydrogens (tertiary/aromatic N) is 2. The molecule has 0 amide bonds. The molecule has 0 saturated carbocycles. The molecule has 0 aliphatic rings. The Morgan fingerprint density at radius 2 is 2.29 bits per heavy atom. The van der Waals surface area contributed by atoms with Crippen LogP contribution in [0.5, 0.6) is 0 Å². The van der Waals surface area contributed by atoms with Crippen LogP contribution in [0.1, 0.15) is 12.5 Å². The molecule has 1 aromatic rings. The third kappa shape index (κ3) is 2.69. The molecule has 0 bridgehead atoms. The van der Waals surface area contributed by atoms with Crippen molar-refractivity contribution >= 4 is 21.7 Å². The number of pyridine rings is 1. The lowest BCUT2D eigenvalue weighted by Crippen LogP contribution is -2.27. The Balaban J connectivity index is 2.92. The van der Waals surface area contributed by atoms with Gasteiger partial charge in [-0.25, -0.2) is 4.98 Å². The monoisotopic (exact) mass is 258 g/mol. The predicted octanol–water partition coefficient (Wildman–Crippen LogP) is 1.97. The highest BCUT2D eigenvalue weighted by Gasteiger charge is 2.08. The average Bonchev–Trinajstić information content (AvgIpc) is 2.15. The van der Waals surface area contributed by atoms with Gasteiger partial charge >= 0.3 is 0 Å². The first-order valence-corrected chi connectivity index (χ1v) is 5.46. The molecule has 1 rings (SSSR count). The molecule has 0 spiro atoms. The summed E-state index contributed by atoms with van der Waals surface area (Å²) in [6.07, 6.45) is 1.83. The van der Waals surface area contributed by atoms with E-state index in [-0.39, 0.29) is 6.61 Å². The van der Waals surface area contributed by atoms with Crippen molar-refractivity contribution in [3.63, 3.8) is 0 Å². The van der Waals surface area contributed by atoms with Crippen LogP contribution in [0.3, 0.4) is 0 Å². The van der Waals surface area contributed by atoms with Gasteiger partial charge in [0, 0.05) is 19.3 Å². The minimum absolute atomic E-state index is 0.149. The van der Waals surface area contributed by atoms with E-state index < -0.39 is 0 Å². The highest BCUT2D eigenvalue weighted by atomic mass is 79.9. The van der Waals surface area contributed by atoms with Gasteiger partial charge in [0.05, 0.1) is 11.1 Å². The first-order chi connectivity index (χ1) is 6.69. The van der Waals surface area contributed by atoms with Gasteiger partial charge in [0.15, 0.2) is 0 Å². The summed E-state index contributed by atoms with van der Waals surface area (Å²) in [5, 5.41) is 8.89. The van der Waals surface area contributed by atoms with Gasteiger partial charge in [0.1, 0.15) is 5.82 Å². The number of rotatable bonds is 4. The third-order valence-electron chi connectivity index (χ3n) is 2.01. The number of aliphatic hydroxyl groups is 1. The van der Waals surface area contributed by atoms with Crippen molar-refractivity contribution in [3.8, 4) is 0 Å². The number of hydrogen-bond acceptors (Lipinski definition) is 3. The third-order valence-corrected chi connectivity index (χ3v) is 2.59. The van der Waals surface area contributed by atoms with Crippen LogP contribution in [0.25, 0.3) is 0 Å². The molecule has 1 aromatic heterocycles. The van der Waals surface area contributed by atoms with Crippen LogP contribution in [0.2, 0.25) is 0 Å². The Kier molecular flexibility index (Phi) is 4.35.